The molecule has 2 N–H and O–H groups in total. The molecule has 0 aromatic heterocycles. The molecule has 1 rings (SSSR count). The standard InChI is InChI=1S/C8H10F4N2O.C2HF3O2/c1-5(9)7(15)14-3-2-13-4-6(14)8(10,11)12;3-2(4,5)1(6)7/h6,13H,1-4H2;(H,6,7)/t6-;/m1./s1. The second-order valence-corrected chi connectivity index (χ2v) is 3.97. The van der Waals surface area contributed by atoms with Gasteiger partial charge in [0.2, 0.25) is 0 Å². The van der Waals surface area contributed by atoms with E-state index in [1.54, 1.807) is 0 Å². The van der Waals surface area contributed by atoms with Crippen molar-refractivity contribution in [3.8, 4) is 0 Å². The third-order valence-electron chi connectivity index (χ3n) is 2.36. The topological polar surface area (TPSA) is 69.6 Å². The van der Waals surface area contributed by atoms with E-state index < -0.39 is 42.6 Å². The molecule has 1 aliphatic rings. The Labute approximate surface area is 119 Å². The lowest BCUT2D eigenvalue weighted by Crippen LogP contribution is -2.59. The van der Waals surface area contributed by atoms with Crippen LogP contribution in [-0.2, 0) is 9.59 Å². The second kappa shape index (κ2) is 7.42. The van der Waals surface area contributed by atoms with Crippen LogP contribution >= 0.6 is 0 Å². The van der Waals surface area contributed by atoms with Gasteiger partial charge in [-0.1, -0.05) is 6.58 Å². The molecule has 1 aliphatic heterocycles. The van der Waals surface area contributed by atoms with Crippen molar-refractivity contribution in [2.45, 2.75) is 18.4 Å². The molecule has 0 unspecified atom stereocenters. The SMILES string of the molecule is C=C(F)C(=O)N1CCNC[C@@H]1C(F)(F)F.O=C(O)C(F)(F)F. The van der Waals surface area contributed by atoms with Crippen LogP contribution in [0.15, 0.2) is 12.4 Å². The number of nitrogens with one attached hydrogen (secondary N) is 1. The van der Waals surface area contributed by atoms with Crippen LogP contribution < -0.4 is 5.32 Å². The Bertz CT molecular complexity index is 433. The first-order chi connectivity index (χ1) is 9.78. The van der Waals surface area contributed by atoms with Crippen molar-refractivity contribution in [2.24, 2.45) is 0 Å². The van der Waals surface area contributed by atoms with Gasteiger partial charge in [-0.3, -0.25) is 4.79 Å². The van der Waals surface area contributed by atoms with Crippen molar-refractivity contribution in [3.05, 3.63) is 12.4 Å². The van der Waals surface area contributed by atoms with Gasteiger partial charge in [-0.05, 0) is 0 Å². The van der Waals surface area contributed by atoms with Gasteiger partial charge in [-0.15, -0.1) is 0 Å². The molecule has 0 bridgehead atoms. The molecule has 128 valence electrons. The first-order valence-corrected chi connectivity index (χ1v) is 5.51. The minimum absolute atomic E-state index is 0.175. The lowest BCUT2D eigenvalue weighted by atomic mass is 10.2. The lowest BCUT2D eigenvalue weighted by Gasteiger charge is -2.36. The van der Waals surface area contributed by atoms with Gasteiger partial charge in [0.05, 0.1) is 0 Å². The van der Waals surface area contributed by atoms with Crippen LogP contribution in [0.1, 0.15) is 0 Å². The molecule has 0 aliphatic carbocycles. The maximum absolute atomic E-state index is 12.5. The first kappa shape index (κ1) is 20.1. The molecule has 12 heteroatoms. The smallest absolute Gasteiger partial charge is 0.475 e. The van der Waals surface area contributed by atoms with E-state index in [4.69, 9.17) is 9.90 Å². The fourth-order valence-corrected chi connectivity index (χ4v) is 1.40. The van der Waals surface area contributed by atoms with E-state index in [1.807, 2.05) is 0 Å². The summed E-state index contributed by atoms with van der Waals surface area (Å²) in [5.74, 6) is -5.42. The summed E-state index contributed by atoms with van der Waals surface area (Å²) >= 11 is 0. The third-order valence-corrected chi connectivity index (χ3v) is 2.36. The number of halogens is 7. The average Bonchev–Trinajstić information content (AvgIpc) is 2.36. The number of rotatable bonds is 1. The van der Waals surface area contributed by atoms with E-state index in [0.29, 0.717) is 4.90 Å². The molecule has 1 heterocycles. The summed E-state index contributed by atoms with van der Waals surface area (Å²) in [6, 6.07) is -1.98. The molecule has 0 spiro atoms. The highest BCUT2D eigenvalue weighted by atomic mass is 19.4. The molecule has 1 amide bonds. The van der Waals surface area contributed by atoms with Crippen molar-refractivity contribution >= 4 is 11.9 Å². The number of hydrogen-bond donors (Lipinski definition) is 2. The van der Waals surface area contributed by atoms with Crippen LogP contribution in [0, 0.1) is 0 Å². The summed E-state index contributed by atoms with van der Waals surface area (Å²) in [6.07, 6.45) is -9.64. The van der Waals surface area contributed by atoms with E-state index in [-0.39, 0.29) is 13.1 Å². The minimum Gasteiger partial charge on any atom is -0.475 e. The zero-order valence-electron chi connectivity index (χ0n) is 10.8. The largest absolute Gasteiger partial charge is 0.490 e. The average molecular weight is 340 g/mol. The number of hydrogen-bond acceptors (Lipinski definition) is 3. The molecular formula is C10H11F7N2O3. The van der Waals surface area contributed by atoms with E-state index in [1.165, 1.54) is 0 Å². The zero-order valence-corrected chi connectivity index (χ0v) is 10.8. The maximum Gasteiger partial charge on any atom is 0.490 e. The van der Waals surface area contributed by atoms with Gasteiger partial charge in [0.15, 0.2) is 5.83 Å². The molecule has 1 saturated heterocycles. The number of nitrogens with zero attached hydrogens (tertiary/aromatic N) is 1. The van der Waals surface area contributed by atoms with Crippen LogP contribution in [0.25, 0.3) is 0 Å². The summed E-state index contributed by atoms with van der Waals surface area (Å²) < 4.78 is 81.5. The van der Waals surface area contributed by atoms with Gasteiger partial charge in [0.1, 0.15) is 6.04 Å². The van der Waals surface area contributed by atoms with Crippen LogP contribution in [-0.4, -0.2) is 59.9 Å². The number of aliphatic carboxylic acids is 1. The second-order valence-electron chi connectivity index (χ2n) is 3.97. The quantitative estimate of drug-likeness (QED) is 0.560. The number of carboxylic acids is 1. The summed E-state index contributed by atoms with van der Waals surface area (Å²) in [4.78, 5) is 20.4. The highest BCUT2D eigenvalue weighted by molar-refractivity contribution is 5.91. The summed E-state index contributed by atoms with van der Waals surface area (Å²) in [5.41, 5.74) is 0. The summed E-state index contributed by atoms with van der Waals surface area (Å²) in [6.45, 7) is 2.33. The van der Waals surface area contributed by atoms with Crippen LogP contribution in [0.4, 0.5) is 30.7 Å². The Hall–Kier alpha value is -1.85. The van der Waals surface area contributed by atoms with Gasteiger partial charge >= 0.3 is 18.3 Å². The predicted molar refractivity (Wildman–Crippen MR) is 58.4 cm³/mol. The third kappa shape index (κ3) is 6.28. The van der Waals surface area contributed by atoms with Crippen molar-refractivity contribution < 1.29 is 45.4 Å². The molecular weight excluding hydrogens is 329 g/mol. The maximum atomic E-state index is 12.5. The van der Waals surface area contributed by atoms with Gasteiger partial charge in [-0.25, -0.2) is 9.18 Å². The molecule has 0 radical (unpaired) electrons. The Morgan fingerprint density at radius 3 is 1.95 bits per heavy atom. The zero-order chi connectivity index (χ0) is 17.7. The fraction of sp³-hybridized carbons (Fsp3) is 0.600. The van der Waals surface area contributed by atoms with Crippen LogP contribution in [0.2, 0.25) is 0 Å². The van der Waals surface area contributed by atoms with E-state index >= 15 is 0 Å². The summed E-state index contributed by atoms with van der Waals surface area (Å²) in [5, 5.41) is 9.62. The number of carbonyl (C=O) groups is 2. The van der Waals surface area contributed by atoms with E-state index in [0.717, 1.165) is 0 Å². The number of amides is 1. The van der Waals surface area contributed by atoms with Gasteiger partial charge < -0.3 is 15.3 Å². The first-order valence-electron chi connectivity index (χ1n) is 5.51. The van der Waals surface area contributed by atoms with Crippen molar-refractivity contribution in [1.82, 2.24) is 10.2 Å². The normalized spacial score (nSPS) is 19.0. The number of carboxylic acid groups (broad SMARTS) is 1. The van der Waals surface area contributed by atoms with Gasteiger partial charge in [0.25, 0.3) is 5.91 Å². The highest BCUT2D eigenvalue weighted by Gasteiger charge is 2.46. The molecule has 5 nitrogen and oxygen atoms in total. The van der Waals surface area contributed by atoms with Crippen molar-refractivity contribution in [2.75, 3.05) is 19.6 Å². The highest BCUT2D eigenvalue weighted by Crippen LogP contribution is 2.26. The monoisotopic (exact) mass is 340 g/mol. The molecule has 0 saturated carbocycles. The number of carbonyl (C=O) groups excluding carboxylic acids is 1. The Balaban J connectivity index is 0.000000534. The number of alkyl halides is 6. The molecule has 22 heavy (non-hydrogen) atoms. The molecule has 0 aromatic rings. The molecule has 1 fully saturated rings. The van der Waals surface area contributed by atoms with E-state index in [2.05, 4.69) is 11.9 Å². The lowest BCUT2D eigenvalue weighted by molar-refractivity contribution is -0.192. The van der Waals surface area contributed by atoms with Crippen molar-refractivity contribution in [1.29, 1.82) is 0 Å². The van der Waals surface area contributed by atoms with E-state index in [9.17, 15) is 35.5 Å². The minimum atomic E-state index is -5.08. The summed E-state index contributed by atoms with van der Waals surface area (Å²) in [7, 11) is 0. The molecule has 1 atom stereocenters. The van der Waals surface area contributed by atoms with Gasteiger partial charge in [0, 0.05) is 19.6 Å². The van der Waals surface area contributed by atoms with Crippen LogP contribution in [0.3, 0.4) is 0 Å². The number of piperazine rings is 1. The fourth-order valence-electron chi connectivity index (χ4n) is 1.40. The Morgan fingerprint density at radius 2 is 1.64 bits per heavy atom. The molecule has 0 aromatic carbocycles. The predicted octanol–water partition coefficient (Wildman–Crippen LogP) is 1.47. The Kier molecular flexibility index (Phi) is 6.80. The van der Waals surface area contributed by atoms with Crippen molar-refractivity contribution in [3.63, 3.8) is 0 Å². The van der Waals surface area contributed by atoms with Gasteiger partial charge in [-0.2, -0.15) is 26.3 Å². The Morgan fingerprint density at radius 1 is 1.18 bits per heavy atom. The van der Waals surface area contributed by atoms with Crippen LogP contribution in [0.5, 0.6) is 0 Å².